The lowest BCUT2D eigenvalue weighted by Gasteiger charge is -2.35. The number of likely N-dealkylation sites (tertiary alicyclic amines) is 1. The third kappa shape index (κ3) is 4.04. The third-order valence-electron chi connectivity index (χ3n) is 8.15. The smallest absolute Gasteiger partial charge is 0.262 e. The summed E-state index contributed by atoms with van der Waals surface area (Å²) in [6, 6.07) is 0. The van der Waals surface area contributed by atoms with E-state index >= 15 is 0 Å². The predicted molar refractivity (Wildman–Crippen MR) is 115 cm³/mol. The van der Waals surface area contributed by atoms with Crippen LogP contribution in [0.15, 0.2) is 4.99 Å². The lowest BCUT2D eigenvalue weighted by Crippen LogP contribution is -2.44. The van der Waals surface area contributed by atoms with E-state index in [2.05, 4.69) is 11.9 Å². The van der Waals surface area contributed by atoms with Gasteiger partial charge in [-0.25, -0.2) is 4.99 Å². The van der Waals surface area contributed by atoms with Crippen molar-refractivity contribution >= 4 is 28.6 Å². The van der Waals surface area contributed by atoms with E-state index in [0.717, 1.165) is 81.0 Å². The molecule has 5 atom stereocenters. The number of carbonyl (C=O) groups excluding carboxylic acids is 2. The largest absolute Gasteiger partial charge is 0.368 e. The fourth-order valence-corrected chi connectivity index (χ4v) is 7.91. The molecule has 0 aromatic rings. The number of ether oxygens (including phenoxy) is 1. The Kier molecular flexibility index (Phi) is 5.52. The molecule has 3 heterocycles. The molecule has 160 valence electrons. The second-order valence-corrected chi connectivity index (χ2v) is 11.8. The van der Waals surface area contributed by atoms with E-state index in [1.165, 1.54) is 25.7 Å². The average Bonchev–Trinajstić information content (AvgIpc) is 3.48. The molecule has 1 unspecified atom stereocenters. The summed E-state index contributed by atoms with van der Waals surface area (Å²) in [6.45, 7) is 4.42. The minimum absolute atomic E-state index is 0.0820. The van der Waals surface area contributed by atoms with Crippen LogP contribution in [0.1, 0.15) is 71.1 Å². The molecule has 2 aliphatic carbocycles. The zero-order valence-electron chi connectivity index (χ0n) is 17.6. The van der Waals surface area contributed by atoms with Crippen LogP contribution < -0.4 is 0 Å². The number of aliphatic imine (C=N–C) groups is 1. The minimum atomic E-state index is -0.391. The maximum atomic E-state index is 12.8. The average molecular weight is 419 g/mol. The van der Waals surface area contributed by atoms with Crippen molar-refractivity contribution in [1.82, 2.24) is 4.90 Å². The van der Waals surface area contributed by atoms with E-state index in [9.17, 15) is 9.59 Å². The number of piperidine rings is 1. The Bertz CT molecular complexity index is 696. The third-order valence-corrected chi connectivity index (χ3v) is 9.44. The fourth-order valence-electron chi connectivity index (χ4n) is 6.51. The summed E-state index contributed by atoms with van der Waals surface area (Å²) in [4.78, 5) is 31.8. The SMILES string of the molecule is CC1(CC2CCN(C(=O)[C@H]3CCCO3)CC2)SC(C[C@H]2C[C@@H]3CC[C@H]2C3)=NC1=O. The number of thioether (sulfide) groups is 1. The first-order valence-electron chi connectivity index (χ1n) is 11.7. The summed E-state index contributed by atoms with van der Waals surface area (Å²) in [5.41, 5.74) is 0. The number of rotatable bonds is 5. The molecule has 0 aromatic carbocycles. The Morgan fingerprint density at radius 3 is 2.69 bits per heavy atom. The van der Waals surface area contributed by atoms with Crippen molar-refractivity contribution in [3.63, 3.8) is 0 Å². The van der Waals surface area contributed by atoms with Gasteiger partial charge in [0.05, 0.1) is 5.04 Å². The molecule has 4 fully saturated rings. The van der Waals surface area contributed by atoms with E-state index < -0.39 is 4.75 Å². The lowest BCUT2D eigenvalue weighted by molar-refractivity contribution is -0.142. The zero-order valence-corrected chi connectivity index (χ0v) is 18.4. The van der Waals surface area contributed by atoms with Crippen LogP contribution in [0.3, 0.4) is 0 Å². The summed E-state index contributed by atoms with van der Waals surface area (Å²) in [6.07, 6.45) is 11.1. The van der Waals surface area contributed by atoms with Crippen LogP contribution in [0.2, 0.25) is 0 Å². The van der Waals surface area contributed by atoms with Crippen LogP contribution in [0.4, 0.5) is 0 Å². The van der Waals surface area contributed by atoms with Crippen LogP contribution >= 0.6 is 11.8 Å². The van der Waals surface area contributed by atoms with Crippen molar-refractivity contribution in [2.45, 2.75) is 82.0 Å². The molecule has 0 N–H and O–H groups in total. The highest BCUT2D eigenvalue weighted by Crippen LogP contribution is 2.51. The second kappa shape index (κ2) is 7.99. The number of hydrogen-bond acceptors (Lipinski definition) is 4. The van der Waals surface area contributed by atoms with Gasteiger partial charge in [-0.05, 0) is 88.4 Å². The Morgan fingerprint density at radius 2 is 2.03 bits per heavy atom. The number of amides is 2. The van der Waals surface area contributed by atoms with Gasteiger partial charge < -0.3 is 9.64 Å². The molecule has 6 heteroatoms. The quantitative estimate of drug-likeness (QED) is 0.676. The van der Waals surface area contributed by atoms with Gasteiger partial charge in [0.1, 0.15) is 10.9 Å². The summed E-state index contributed by atoms with van der Waals surface area (Å²) < 4.78 is 5.17. The van der Waals surface area contributed by atoms with Crippen molar-refractivity contribution in [2.24, 2.45) is 28.7 Å². The van der Waals surface area contributed by atoms with Crippen LogP contribution in [-0.2, 0) is 14.3 Å². The molecule has 2 amide bonds. The molecule has 5 aliphatic rings. The molecular formula is C23H34N2O3S. The highest BCUT2D eigenvalue weighted by Gasteiger charge is 2.46. The Morgan fingerprint density at radius 1 is 1.21 bits per heavy atom. The van der Waals surface area contributed by atoms with E-state index in [1.54, 1.807) is 11.8 Å². The van der Waals surface area contributed by atoms with Crippen LogP contribution in [0.5, 0.6) is 0 Å². The van der Waals surface area contributed by atoms with Crippen LogP contribution in [0.25, 0.3) is 0 Å². The van der Waals surface area contributed by atoms with Gasteiger partial charge in [0, 0.05) is 19.7 Å². The van der Waals surface area contributed by atoms with Crippen LogP contribution in [-0.4, -0.2) is 52.3 Å². The first-order chi connectivity index (χ1) is 14.0. The molecule has 2 saturated heterocycles. The van der Waals surface area contributed by atoms with Gasteiger partial charge in [-0.15, -0.1) is 0 Å². The number of nitrogens with zero attached hydrogens (tertiary/aromatic N) is 2. The van der Waals surface area contributed by atoms with Crippen molar-refractivity contribution in [3.8, 4) is 0 Å². The maximum absolute atomic E-state index is 12.8. The van der Waals surface area contributed by atoms with Gasteiger partial charge in [-0.3, -0.25) is 9.59 Å². The Labute approximate surface area is 178 Å². The molecule has 29 heavy (non-hydrogen) atoms. The number of hydrogen-bond donors (Lipinski definition) is 0. The van der Waals surface area contributed by atoms with Crippen molar-refractivity contribution in [3.05, 3.63) is 0 Å². The van der Waals surface area contributed by atoms with E-state index in [0.29, 0.717) is 5.92 Å². The normalized spacial score (nSPS) is 40.1. The number of fused-ring (bicyclic) bond motifs is 2. The summed E-state index contributed by atoms with van der Waals surface area (Å²) in [5.74, 6) is 3.36. The molecule has 3 aliphatic heterocycles. The van der Waals surface area contributed by atoms with Gasteiger partial charge in [0.25, 0.3) is 11.8 Å². The van der Waals surface area contributed by atoms with Gasteiger partial charge >= 0.3 is 0 Å². The van der Waals surface area contributed by atoms with Gasteiger partial charge in [-0.1, -0.05) is 18.2 Å². The first-order valence-corrected chi connectivity index (χ1v) is 12.5. The fraction of sp³-hybridized carbons (Fsp3) is 0.870. The van der Waals surface area contributed by atoms with Gasteiger partial charge in [0.2, 0.25) is 0 Å². The summed E-state index contributed by atoms with van der Waals surface area (Å²) in [7, 11) is 0. The molecule has 0 spiro atoms. The summed E-state index contributed by atoms with van der Waals surface area (Å²) >= 11 is 1.76. The van der Waals surface area contributed by atoms with Gasteiger partial charge in [-0.2, -0.15) is 0 Å². The molecule has 0 aromatic heterocycles. The van der Waals surface area contributed by atoms with E-state index in [-0.39, 0.29) is 17.9 Å². The van der Waals surface area contributed by atoms with Crippen molar-refractivity contribution < 1.29 is 14.3 Å². The summed E-state index contributed by atoms with van der Waals surface area (Å²) in [5, 5.41) is 1.10. The first kappa shape index (κ1) is 20.0. The molecule has 5 nitrogen and oxygen atoms in total. The van der Waals surface area contributed by atoms with E-state index in [4.69, 9.17) is 4.74 Å². The Balaban J connectivity index is 1.11. The second-order valence-electron chi connectivity index (χ2n) is 10.3. The standard InChI is InChI=1S/C23H34N2O3S/c1-23(14-15-6-8-25(9-7-15)21(26)19-3-2-10-28-19)22(27)24-20(29-23)13-18-12-16-4-5-17(18)11-16/h15-19H,2-14H2,1H3/t16-,17+,18-,19-,23?/m1/s1. The molecular weight excluding hydrogens is 384 g/mol. The monoisotopic (exact) mass is 418 g/mol. The Hall–Kier alpha value is -0.880. The maximum Gasteiger partial charge on any atom is 0.262 e. The van der Waals surface area contributed by atoms with Crippen molar-refractivity contribution in [1.29, 1.82) is 0 Å². The highest BCUT2D eigenvalue weighted by atomic mass is 32.2. The molecule has 2 bridgehead atoms. The van der Waals surface area contributed by atoms with E-state index in [1.807, 2.05) is 4.90 Å². The van der Waals surface area contributed by atoms with Crippen LogP contribution in [0, 0.1) is 23.7 Å². The molecule has 0 radical (unpaired) electrons. The predicted octanol–water partition coefficient (Wildman–Crippen LogP) is 4.05. The molecule has 5 rings (SSSR count). The highest BCUT2D eigenvalue weighted by molar-refractivity contribution is 8.16. The van der Waals surface area contributed by atoms with Crippen molar-refractivity contribution in [2.75, 3.05) is 19.7 Å². The number of carbonyl (C=O) groups is 2. The van der Waals surface area contributed by atoms with Gasteiger partial charge in [0.15, 0.2) is 0 Å². The minimum Gasteiger partial charge on any atom is -0.368 e. The zero-order chi connectivity index (χ0) is 20.0. The lowest BCUT2D eigenvalue weighted by atomic mass is 9.86. The molecule has 2 saturated carbocycles. The topological polar surface area (TPSA) is 59.0 Å².